The second kappa shape index (κ2) is 5.67. The SMILES string of the molecule is COC(=O)c1ccccc1-c1cccc2c3c(sc12)C=CCC3. The number of ether oxygens (including phenoxy) is 1. The highest BCUT2D eigenvalue weighted by Gasteiger charge is 2.18. The van der Waals surface area contributed by atoms with Gasteiger partial charge >= 0.3 is 5.97 Å². The Labute approximate surface area is 139 Å². The van der Waals surface area contributed by atoms with Gasteiger partial charge in [0.15, 0.2) is 0 Å². The van der Waals surface area contributed by atoms with E-state index in [2.05, 4.69) is 30.4 Å². The fourth-order valence-electron chi connectivity index (χ4n) is 3.22. The molecule has 0 saturated heterocycles. The Bertz CT molecular complexity index is 934. The first kappa shape index (κ1) is 14.2. The van der Waals surface area contributed by atoms with Crippen LogP contribution in [0.2, 0.25) is 0 Å². The lowest BCUT2D eigenvalue weighted by atomic mass is 9.95. The predicted molar refractivity (Wildman–Crippen MR) is 96.0 cm³/mol. The highest BCUT2D eigenvalue weighted by molar-refractivity contribution is 7.20. The zero-order valence-corrected chi connectivity index (χ0v) is 13.7. The van der Waals surface area contributed by atoms with Crippen molar-refractivity contribution in [3.63, 3.8) is 0 Å². The van der Waals surface area contributed by atoms with Crippen LogP contribution in [0.5, 0.6) is 0 Å². The standard InChI is InChI=1S/C20H16O2S/c1-22-20(21)17-9-3-2-7-13(17)15-10-6-11-16-14-8-4-5-12-18(14)23-19(15)16/h2-3,5-7,9-12H,4,8H2,1H3. The van der Waals surface area contributed by atoms with Crippen molar-refractivity contribution < 1.29 is 9.53 Å². The molecule has 3 heteroatoms. The summed E-state index contributed by atoms with van der Waals surface area (Å²) < 4.78 is 6.20. The Hall–Kier alpha value is -2.39. The topological polar surface area (TPSA) is 26.3 Å². The molecule has 0 N–H and O–H groups in total. The summed E-state index contributed by atoms with van der Waals surface area (Å²) >= 11 is 1.81. The molecule has 0 atom stereocenters. The summed E-state index contributed by atoms with van der Waals surface area (Å²) in [4.78, 5) is 13.5. The molecule has 23 heavy (non-hydrogen) atoms. The molecule has 114 valence electrons. The van der Waals surface area contributed by atoms with Crippen LogP contribution < -0.4 is 0 Å². The maximum atomic E-state index is 12.1. The van der Waals surface area contributed by atoms with Crippen molar-refractivity contribution in [2.75, 3.05) is 7.11 Å². The van der Waals surface area contributed by atoms with Crippen LogP contribution in [0.3, 0.4) is 0 Å². The van der Waals surface area contributed by atoms with Gasteiger partial charge in [-0.25, -0.2) is 4.79 Å². The fraction of sp³-hybridized carbons (Fsp3) is 0.150. The van der Waals surface area contributed by atoms with Gasteiger partial charge < -0.3 is 4.74 Å². The summed E-state index contributed by atoms with van der Waals surface area (Å²) in [6, 6.07) is 14.0. The minimum atomic E-state index is -0.293. The van der Waals surface area contributed by atoms with Crippen LogP contribution in [0.1, 0.15) is 27.2 Å². The number of aryl methyl sites for hydroxylation is 1. The predicted octanol–water partition coefficient (Wildman–Crippen LogP) is 5.31. The molecule has 1 aliphatic carbocycles. The van der Waals surface area contributed by atoms with E-state index < -0.39 is 0 Å². The van der Waals surface area contributed by atoms with E-state index in [0.29, 0.717) is 5.56 Å². The molecule has 0 bridgehead atoms. The molecule has 2 aromatic carbocycles. The average molecular weight is 320 g/mol. The van der Waals surface area contributed by atoms with E-state index in [4.69, 9.17) is 4.74 Å². The van der Waals surface area contributed by atoms with E-state index in [1.165, 1.54) is 27.6 Å². The Morgan fingerprint density at radius 3 is 2.78 bits per heavy atom. The number of hydrogen-bond donors (Lipinski definition) is 0. The minimum absolute atomic E-state index is 0.293. The summed E-state index contributed by atoms with van der Waals surface area (Å²) in [6.07, 6.45) is 6.65. The lowest BCUT2D eigenvalue weighted by Gasteiger charge is -2.09. The maximum absolute atomic E-state index is 12.1. The smallest absolute Gasteiger partial charge is 0.338 e. The van der Waals surface area contributed by atoms with Crippen LogP contribution in [0.15, 0.2) is 48.5 Å². The van der Waals surface area contributed by atoms with Gasteiger partial charge in [0.2, 0.25) is 0 Å². The Kier molecular flexibility index (Phi) is 3.50. The zero-order valence-electron chi connectivity index (χ0n) is 12.8. The molecular weight excluding hydrogens is 304 g/mol. The molecule has 1 aliphatic rings. The van der Waals surface area contributed by atoms with Gasteiger partial charge in [-0.15, -0.1) is 11.3 Å². The van der Waals surface area contributed by atoms with Gasteiger partial charge in [0, 0.05) is 15.1 Å². The summed E-state index contributed by atoms with van der Waals surface area (Å²) in [5.41, 5.74) is 4.10. The van der Waals surface area contributed by atoms with E-state index in [9.17, 15) is 4.79 Å². The van der Waals surface area contributed by atoms with Crippen molar-refractivity contribution in [3.05, 3.63) is 64.5 Å². The Morgan fingerprint density at radius 2 is 1.91 bits per heavy atom. The van der Waals surface area contributed by atoms with Gasteiger partial charge in [-0.3, -0.25) is 0 Å². The molecule has 0 spiro atoms. The number of benzene rings is 2. The quantitative estimate of drug-likeness (QED) is 0.598. The van der Waals surface area contributed by atoms with Crippen LogP contribution in [-0.2, 0) is 11.2 Å². The molecule has 1 heterocycles. The number of esters is 1. The van der Waals surface area contributed by atoms with Gasteiger partial charge in [-0.1, -0.05) is 42.5 Å². The van der Waals surface area contributed by atoms with Crippen LogP contribution >= 0.6 is 11.3 Å². The van der Waals surface area contributed by atoms with Crippen molar-refractivity contribution in [3.8, 4) is 11.1 Å². The third-order valence-electron chi connectivity index (χ3n) is 4.30. The number of thiophene rings is 1. The Morgan fingerprint density at radius 1 is 1.09 bits per heavy atom. The largest absolute Gasteiger partial charge is 0.465 e. The molecule has 0 unspecified atom stereocenters. The highest BCUT2D eigenvalue weighted by atomic mass is 32.1. The van der Waals surface area contributed by atoms with Crippen molar-refractivity contribution in [2.24, 2.45) is 0 Å². The lowest BCUT2D eigenvalue weighted by Crippen LogP contribution is -2.03. The average Bonchev–Trinajstić information content (AvgIpc) is 3.00. The third kappa shape index (κ3) is 2.28. The highest BCUT2D eigenvalue weighted by Crippen LogP contribution is 2.41. The molecule has 0 aliphatic heterocycles. The Balaban J connectivity index is 1.99. The van der Waals surface area contributed by atoms with E-state index >= 15 is 0 Å². The number of hydrogen-bond acceptors (Lipinski definition) is 3. The van der Waals surface area contributed by atoms with E-state index in [1.54, 1.807) is 0 Å². The van der Waals surface area contributed by atoms with Crippen LogP contribution in [0, 0.1) is 0 Å². The zero-order chi connectivity index (χ0) is 15.8. The van der Waals surface area contributed by atoms with Gasteiger partial charge in [-0.05, 0) is 41.5 Å². The maximum Gasteiger partial charge on any atom is 0.338 e. The number of rotatable bonds is 2. The monoisotopic (exact) mass is 320 g/mol. The van der Waals surface area contributed by atoms with Crippen LogP contribution in [-0.4, -0.2) is 13.1 Å². The summed E-state index contributed by atoms with van der Waals surface area (Å²) in [7, 11) is 1.42. The first-order valence-electron chi connectivity index (χ1n) is 7.68. The molecule has 0 saturated carbocycles. The number of allylic oxidation sites excluding steroid dienone is 1. The third-order valence-corrected chi connectivity index (χ3v) is 5.55. The normalized spacial score (nSPS) is 13.1. The summed E-state index contributed by atoms with van der Waals surface area (Å²) in [5, 5.41) is 1.31. The first-order valence-corrected chi connectivity index (χ1v) is 8.50. The van der Waals surface area contributed by atoms with Crippen LogP contribution in [0.25, 0.3) is 27.3 Å². The van der Waals surface area contributed by atoms with Crippen molar-refractivity contribution in [1.82, 2.24) is 0 Å². The van der Waals surface area contributed by atoms with E-state index in [0.717, 1.165) is 24.0 Å². The molecular formula is C20H16O2S. The molecule has 3 aromatic rings. The number of methoxy groups -OCH3 is 1. The molecule has 0 radical (unpaired) electrons. The van der Waals surface area contributed by atoms with Gasteiger partial charge in [0.25, 0.3) is 0 Å². The molecule has 0 fully saturated rings. The van der Waals surface area contributed by atoms with Crippen molar-refractivity contribution in [2.45, 2.75) is 12.8 Å². The lowest BCUT2D eigenvalue weighted by molar-refractivity contribution is 0.0601. The number of carbonyl (C=O) groups excluding carboxylic acids is 1. The molecule has 2 nitrogen and oxygen atoms in total. The summed E-state index contributed by atoms with van der Waals surface area (Å²) in [5.74, 6) is -0.293. The summed E-state index contributed by atoms with van der Waals surface area (Å²) in [6.45, 7) is 0. The van der Waals surface area contributed by atoms with Crippen molar-refractivity contribution in [1.29, 1.82) is 0 Å². The molecule has 4 rings (SSSR count). The van der Waals surface area contributed by atoms with Gasteiger partial charge in [0.05, 0.1) is 12.7 Å². The number of carbonyl (C=O) groups is 1. The first-order chi connectivity index (χ1) is 11.3. The van der Waals surface area contributed by atoms with Crippen LogP contribution in [0.4, 0.5) is 0 Å². The van der Waals surface area contributed by atoms with Gasteiger partial charge in [0.1, 0.15) is 0 Å². The molecule has 0 amide bonds. The van der Waals surface area contributed by atoms with Crippen molar-refractivity contribution >= 4 is 33.5 Å². The van der Waals surface area contributed by atoms with E-state index in [-0.39, 0.29) is 5.97 Å². The second-order valence-corrected chi connectivity index (χ2v) is 6.66. The van der Waals surface area contributed by atoms with E-state index in [1.807, 2.05) is 35.6 Å². The number of fused-ring (bicyclic) bond motifs is 3. The fourth-order valence-corrected chi connectivity index (χ4v) is 4.53. The second-order valence-electron chi connectivity index (χ2n) is 5.61. The molecule has 1 aromatic heterocycles. The van der Waals surface area contributed by atoms with Gasteiger partial charge in [-0.2, -0.15) is 0 Å². The minimum Gasteiger partial charge on any atom is -0.465 e.